The minimum absolute atomic E-state index is 0.0443. The van der Waals surface area contributed by atoms with Crippen molar-refractivity contribution in [1.82, 2.24) is 0 Å². The van der Waals surface area contributed by atoms with Crippen molar-refractivity contribution >= 4 is 23.1 Å². The Morgan fingerprint density at radius 1 is 1.50 bits per heavy atom. The predicted molar refractivity (Wildman–Crippen MR) is 56.8 cm³/mol. The van der Waals surface area contributed by atoms with E-state index < -0.39 is 4.92 Å². The average Bonchev–Trinajstić information content (AvgIpc) is 2.58. The van der Waals surface area contributed by atoms with Gasteiger partial charge in [-0.2, -0.15) is 10.1 Å². The van der Waals surface area contributed by atoms with E-state index in [2.05, 4.69) is 5.10 Å². The molecule has 2 N–H and O–H groups in total. The molecule has 0 bridgehead atoms. The fourth-order valence-corrected chi connectivity index (χ4v) is 1.39. The van der Waals surface area contributed by atoms with E-state index in [9.17, 15) is 14.9 Å². The molecule has 0 spiro atoms. The fourth-order valence-electron chi connectivity index (χ4n) is 1.39. The number of hydrazone groups is 1. The molecule has 0 saturated heterocycles. The van der Waals surface area contributed by atoms with Gasteiger partial charge >= 0.3 is 0 Å². The maximum Gasteiger partial charge on any atom is 0.271 e. The van der Waals surface area contributed by atoms with Crippen molar-refractivity contribution in [2.45, 2.75) is 6.42 Å². The molecule has 16 heavy (non-hydrogen) atoms. The Kier molecular flexibility index (Phi) is 2.28. The summed E-state index contributed by atoms with van der Waals surface area (Å²) in [5, 5.41) is 15.4. The molecule has 1 aliphatic heterocycles. The van der Waals surface area contributed by atoms with Crippen molar-refractivity contribution in [3.63, 3.8) is 0 Å². The quantitative estimate of drug-likeness (QED) is 0.582. The first-order valence-corrected chi connectivity index (χ1v) is 4.48. The standard InChI is InChI=1S/C9H8N4O3/c10-8-5-9(14)12(11-8)6-2-1-3-7(4-6)13(15)16/h1-4H,5H2,(H2,10,11). The maximum absolute atomic E-state index is 11.4. The summed E-state index contributed by atoms with van der Waals surface area (Å²) in [6.45, 7) is 0. The zero-order valence-corrected chi connectivity index (χ0v) is 8.16. The largest absolute Gasteiger partial charge is 0.385 e. The molecule has 82 valence electrons. The van der Waals surface area contributed by atoms with Crippen molar-refractivity contribution < 1.29 is 9.72 Å². The van der Waals surface area contributed by atoms with Crippen molar-refractivity contribution in [1.29, 1.82) is 0 Å². The molecule has 1 aromatic rings. The third-order valence-electron chi connectivity index (χ3n) is 2.08. The van der Waals surface area contributed by atoms with E-state index in [0.717, 1.165) is 5.01 Å². The first-order valence-electron chi connectivity index (χ1n) is 4.48. The number of non-ortho nitro benzene ring substituents is 1. The number of nitrogens with zero attached hydrogens (tertiary/aromatic N) is 3. The van der Waals surface area contributed by atoms with Crippen molar-refractivity contribution in [2.24, 2.45) is 10.8 Å². The second kappa shape index (κ2) is 3.61. The summed E-state index contributed by atoms with van der Waals surface area (Å²) >= 11 is 0. The second-order valence-electron chi connectivity index (χ2n) is 3.25. The van der Waals surface area contributed by atoms with E-state index in [1.54, 1.807) is 6.07 Å². The van der Waals surface area contributed by atoms with Gasteiger partial charge in [-0.15, -0.1) is 0 Å². The van der Waals surface area contributed by atoms with Crippen LogP contribution in [0.15, 0.2) is 29.4 Å². The molecule has 1 heterocycles. The van der Waals surface area contributed by atoms with Crippen LogP contribution >= 0.6 is 0 Å². The van der Waals surface area contributed by atoms with Gasteiger partial charge in [-0.3, -0.25) is 14.9 Å². The Hall–Kier alpha value is -2.44. The summed E-state index contributed by atoms with van der Waals surface area (Å²) in [6.07, 6.45) is 0.0443. The average molecular weight is 220 g/mol. The number of rotatable bonds is 2. The molecule has 0 radical (unpaired) electrons. The molecule has 0 aliphatic carbocycles. The van der Waals surface area contributed by atoms with Crippen LogP contribution in [0.3, 0.4) is 0 Å². The number of nitrogens with two attached hydrogens (primary N) is 1. The number of carbonyl (C=O) groups excluding carboxylic acids is 1. The molecule has 7 heteroatoms. The Morgan fingerprint density at radius 3 is 2.81 bits per heavy atom. The number of anilines is 1. The van der Waals surface area contributed by atoms with Crippen molar-refractivity contribution in [3.8, 4) is 0 Å². The zero-order chi connectivity index (χ0) is 11.7. The van der Waals surface area contributed by atoms with Crippen molar-refractivity contribution in [3.05, 3.63) is 34.4 Å². The number of amides is 1. The molecule has 0 atom stereocenters. The maximum atomic E-state index is 11.4. The van der Waals surface area contributed by atoms with Gasteiger partial charge in [0, 0.05) is 12.1 Å². The molecule has 2 rings (SSSR count). The third kappa shape index (κ3) is 1.70. The molecule has 7 nitrogen and oxygen atoms in total. The van der Waals surface area contributed by atoms with Gasteiger partial charge in [0.25, 0.3) is 11.6 Å². The molecule has 0 saturated carbocycles. The van der Waals surface area contributed by atoms with Crippen LogP contribution in [0.2, 0.25) is 0 Å². The number of amidine groups is 1. The molecule has 1 aromatic carbocycles. The number of nitro benzene ring substituents is 1. The lowest BCUT2D eigenvalue weighted by Gasteiger charge is -2.10. The summed E-state index contributed by atoms with van der Waals surface area (Å²) in [4.78, 5) is 21.5. The van der Waals surface area contributed by atoms with E-state index in [0.29, 0.717) is 5.69 Å². The summed E-state index contributed by atoms with van der Waals surface area (Å²) < 4.78 is 0. The smallest absolute Gasteiger partial charge is 0.271 e. The van der Waals surface area contributed by atoms with Crippen LogP contribution in [-0.2, 0) is 4.79 Å². The minimum atomic E-state index is -0.531. The molecular formula is C9H8N4O3. The van der Waals surface area contributed by atoms with Crippen molar-refractivity contribution in [2.75, 3.05) is 5.01 Å². The van der Waals surface area contributed by atoms with E-state index >= 15 is 0 Å². The molecule has 1 amide bonds. The first kappa shape index (κ1) is 10.1. The number of hydrogen-bond donors (Lipinski definition) is 1. The Bertz CT molecular complexity index is 497. The Labute approximate surface area is 90.3 Å². The van der Waals surface area contributed by atoms with E-state index in [-0.39, 0.29) is 23.9 Å². The summed E-state index contributed by atoms with van der Waals surface area (Å²) in [6, 6.07) is 5.68. The number of hydrogen-bond acceptors (Lipinski definition) is 5. The summed E-state index contributed by atoms with van der Waals surface area (Å²) in [5.41, 5.74) is 5.66. The SMILES string of the molecule is NC1=NN(c2cccc([N+](=O)[O-])c2)C(=O)C1. The highest BCUT2D eigenvalue weighted by Crippen LogP contribution is 2.23. The third-order valence-corrected chi connectivity index (χ3v) is 2.08. The van der Waals surface area contributed by atoms with E-state index in [1.165, 1.54) is 18.2 Å². The lowest BCUT2D eigenvalue weighted by atomic mass is 10.2. The second-order valence-corrected chi connectivity index (χ2v) is 3.25. The molecule has 1 aliphatic rings. The lowest BCUT2D eigenvalue weighted by molar-refractivity contribution is -0.384. The molecular weight excluding hydrogens is 212 g/mol. The highest BCUT2D eigenvalue weighted by atomic mass is 16.6. The Morgan fingerprint density at radius 2 is 2.25 bits per heavy atom. The molecule has 0 fully saturated rings. The van der Waals surface area contributed by atoms with Crippen LogP contribution in [0.25, 0.3) is 0 Å². The highest BCUT2D eigenvalue weighted by molar-refractivity contribution is 6.11. The van der Waals surface area contributed by atoms with E-state index in [1.807, 2.05) is 0 Å². The van der Waals surface area contributed by atoms with Gasteiger partial charge in [0.15, 0.2) is 0 Å². The van der Waals surface area contributed by atoms with Gasteiger partial charge < -0.3 is 5.73 Å². The minimum Gasteiger partial charge on any atom is -0.385 e. The van der Waals surface area contributed by atoms with E-state index in [4.69, 9.17) is 5.73 Å². The van der Waals surface area contributed by atoms with Gasteiger partial charge in [0.2, 0.25) is 0 Å². The summed E-state index contributed by atoms with van der Waals surface area (Å²) in [5.74, 6) is -0.0884. The normalized spacial score (nSPS) is 15.1. The highest BCUT2D eigenvalue weighted by Gasteiger charge is 2.24. The summed E-state index contributed by atoms with van der Waals surface area (Å²) in [7, 11) is 0. The topological polar surface area (TPSA) is 102 Å². The predicted octanol–water partition coefficient (Wildman–Crippen LogP) is 0.604. The van der Waals surface area contributed by atoms with Gasteiger partial charge in [0.1, 0.15) is 5.84 Å². The van der Waals surface area contributed by atoms with Gasteiger partial charge in [-0.25, -0.2) is 0 Å². The lowest BCUT2D eigenvalue weighted by Crippen LogP contribution is -2.19. The van der Waals surface area contributed by atoms with Crippen LogP contribution < -0.4 is 10.7 Å². The number of carbonyl (C=O) groups is 1. The fraction of sp³-hybridized carbons (Fsp3) is 0.111. The van der Waals surface area contributed by atoms with Gasteiger partial charge in [-0.1, -0.05) is 6.07 Å². The first-order chi connectivity index (χ1) is 7.58. The van der Waals surface area contributed by atoms with Gasteiger partial charge in [-0.05, 0) is 6.07 Å². The zero-order valence-electron chi connectivity index (χ0n) is 8.16. The number of benzene rings is 1. The van der Waals surface area contributed by atoms with Crippen LogP contribution in [0.1, 0.15) is 6.42 Å². The molecule has 0 unspecified atom stereocenters. The van der Waals surface area contributed by atoms with Crippen LogP contribution in [0.5, 0.6) is 0 Å². The van der Waals surface area contributed by atoms with Crippen LogP contribution in [0, 0.1) is 10.1 Å². The number of nitro groups is 1. The van der Waals surface area contributed by atoms with Gasteiger partial charge in [0.05, 0.1) is 17.0 Å². The van der Waals surface area contributed by atoms with Crippen LogP contribution in [0.4, 0.5) is 11.4 Å². The molecule has 0 aromatic heterocycles. The van der Waals surface area contributed by atoms with Crippen LogP contribution in [-0.4, -0.2) is 16.7 Å². The monoisotopic (exact) mass is 220 g/mol. The Balaban J connectivity index is 2.38.